The van der Waals surface area contributed by atoms with Crippen LogP contribution in [0.2, 0.25) is 0 Å². The smallest absolute Gasteiger partial charge is 0.255 e. The number of hydrogen-bond acceptors (Lipinski definition) is 7. The van der Waals surface area contributed by atoms with Gasteiger partial charge < -0.3 is 25.1 Å². The Morgan fingerprint density at radius 3 is 2.17 bits per heavy atom. The lowest BCUT2D eigenvalue weighted by atomic mass is 9.88. The second kappa shape index (κ2) is 15.5. The number of phenolic OH excluding ortho intramolecular Hbond substituents is 1. The number of hydrogen-bond donors (Lipinski definition) is 3. The molecule has 0 spiro atoms. The molecular formula is C45H49N5O4. The number of aromatic hydroxyl groups is 1. The van der Waals surface area contributed by atoms with Gasteiger partial charge in [0.2, 0.25) is 11.8 Å². The Morgan fingerprint density at radius 2 is 1.46 bits per heavy atom. The first-order valence-corrected chi connectivity index (χ1v) is 19.5. The topological polar surface area (TPSA) is 105 Å². The normalized spacial score (nSPS) is 21.0. The molecule has 2 atom stereocenters. The predicted molar refractivity (Wildman–Crippen MR) is 213 cm³/mol. The minimum Gasteiger partial charge on any atom is -0.508 e. The highest BCUT2D eigenvalue weighted by atomic mass is 16.3. The fourth-order valence-corrected chi connectivity index (χ4v) is 8.79. The lowest BCUT2D eigenvalue weighted by Crippen LogP contribution is -2.52. The zero-order valence-corrected chi connectivity index (χ0v) is 31.0. The molecule has 0 bridgehead atoms. The Hall–Kier alpha value is -5.41. The molecule has 4 aromatic carbocycles. The van der Waals surface area contributed by atoms with E-state index in [4.69, 9.17) is 0 Å². The number of carbonyl (C=O) groups is 3. The van der Waals surface area contributed by atoms with Crippen LogP contribution >= 0.6 is 0 Å². The molecule has 4 aliphatic rings. The summed E-state index contributed by atoms with van der Waals surface area (Å²) in [6, 6.07) is 33.0. The van der Waals surface area contributed by atoms with Gasteiger partial charge in [-0.25, -0.2) is 0 Å². The van der Waals surface area contributed by atoms with Gasteiger partial charge in [-0.3, -0.25) is 19.7 Å². The Balaban J connectivity index is 0.846. The van der Waals surface area contributed by atoms with Crippen molar-refractivity contribution in [2.45, 2.75) is 64.1 Å². The van der Waals surface area contributed by atoms with Gasteiger partial charge in [-0.15, -0.1) is 0 Å². The second-order valence-electron chi connectivity index (χ2n) is 15.2. The maximum Gasteiger partial charge on any atom is 0.255 e. The van der Waals surface area contributed by atoms with Crippen LogP contribution in [0.15, 0.2) is 97.1 Å². The first kappa shape index (κ1) is 35.6. The molecule has 4 aromatic rings. The summed E-state index contributed by atoms with van der Waals surface area (Å²) in [6.07, 6.45) is 4.91. The monoisotopic (exact) mass is 723 g/mol. The fourth-order valence-electron chi connectivity index (χ4n) is 8.79. The number of anilines is 2. The number of nitrogens with zero attached hydrogens (tertiary/aromatic N) is 3. The van der Waals surface area contributed by atoms with E-state index in [-0.39, 0.29) is 29.9 Å². The van der Waals surface area contributed by atoms with Crippen LogP contribution in [0.3, 0.4) is 0 Å². The Bertz CT molecular complexity index is 2040. The van der Waals surface area contributed by atoms with E-state index in [2.05, 4.69) is 88.0 Å². The lowest BCUT2D eigenvalue weighted by molar-refractivity contribution is -0.136. The van der Waals surface area contributed by atoms with Crippen LogP contribution in [0, 0.1) is 5.92 Å². The van der Waals surface area contributed by atoms with E-state index in [0.29, 0.717) is 30.5 Å². The van der Waals surface area contributed by atoms with Crippen molar-refractivity contribution in [3.8, 4) is 5.75 Å². The molecule has 4 aliphatic heterocycles. The number of allylic oxidation sites excluding steroid dienone is 1. The number of amides is 3. The van der Waals surface area contributed by atoms with E-state index in [9.17, 15) is 19.5 Å². The van der Waals surface area contributed by atoms with E-state index < -0.39 is 6.04 Å². The van der Waals surface area contributed by atoms with Crippen molar-refractivity contribution in [3.63, 3.8) is 0 Å². The van der Waals surface area contributed by atoms with E-state index in [1.54, 1.807) is 17.0 Å². The zero-order valence-electron chi connectivity index (χ0n) is 31.0. The summed E-state index contributed by atoms with van der Waals surface area (Å²) in [5, 5.41) is 16.3. The number of rotatable bonds is 10. The van der Waals surface area contributed by atoms with Crippen molar-refractivity contribution in [2.24, 2.45) is 5.92 Å². The minimum absolute atomic E-state index is 0.128. The number of phenols is 1. The number of carbonyl (C=O) groups excluding carboxylic acids is 3. The van der Waals surface area contributed by atoms with Crippen LogP contribution in [0.4, 0.5) is 11.4 Å². The summed E-state index contributed by atoms with van der Waals surface area (Å²) in [5.74, 6) is 0.136. The quantitative estimate of drug-likeness (QED) is 0.125. The van der Waals surface area contributed by atoms with Gasteiger partial charge in [0.25, 0.3) is 5.91 Å². The van der Waals surface area contributed by atoms with Gasteiger partial charge in [0.05, 0.1) is 0 Å². The molecule has 0 aliphatic carbocycles. The standard InChI is InChI=1S/C45H49N5O4/c1-2-39(31-6-4-3-5-7-31)43(33-10-15-38(51)16-11-33)32-8-12-36(13-9-32)48-23-20-30(21-24-48)27-46-35-22-25-49(29-35)37-14-17-40-34(26-37)28-50(45(40)54)41-18-19-42(52)47-44(41)53/h3-17,26,30,35,41,46,51H,2,18-25,27-29H2,1H3,(H,47,52,53)/b43-39+. The summed E-state index contributed by atoms with van der Waals surface area (Å²) in [6.45, 7) is 7.60. The third kappa shape index (κ3) is 7.37. The van der Waals surface area contributed by atoms with Gasteiger partial charge in [0.1, 0.15) is 11.8 Å². The van der Waals surface area contributed by atoms with Crippen LogP contribution in [-0.2, 0) is 16.1 Å². The molecule has 2 unspecified atom stereocenters. The number of piperidine rings is 2. The minimum atomic E-state index is -0.591. The molecule has 9 heteroatoms. The fraction of sp³-hybridized carbons (Fsp3) is 0.356. The number of fused-ring (bicyclic) bond motifs is 1. The Kier molecular flexibility index (Phi) is 10.2. The third-order valence-electron chi connectivity index (χ3n) is 11.8. The first-order chi connectivity index (χ1) is 26.3. The van der Waals surface area contributed by atoms with Crippen molar-refractivity contribution in [2.75, 3.05) is 42.5 Å². The molecule has 54 heavy (non-hydrogen) atoms. The summed E-state index contributed by atoms with van der Waals surface area (Å²) < 4.78 is 0. The molecule has 3 amide bonds. The largest absolute Gasteiger partial charge is 0.508 e. The predicted octanol–water partition coefficient (Wildman–Crippen LogP) is 6.61. The molecular weight excluding hydrogens is 675 g/mol. The van der Waals surface area contributed by atoms with Crippen molar-refractivity contribution < 1.29 is 19.5 Å². The van der Waals surface area contributed by atoms with Crippen LogP contribution in [0.1, 0.15) is 78.1 Å². The van der Waals surface area contributed by atoms with Gasteiger partial charge in [-0.2, -0.15) is 0 Å². The molecule has 0 radical (unpaired) electrons. The van der Waals surface area contributed by atoms with E-state index >= 15 is 0 Å². The highest BCUT2D eigenvalue weighted by Crippen LogP contribution is 2.37. The Morgan fingerprint density at radius 1 is 0.778 bits per heavy atom. The molecule has 3 fully saturated rings. The lowest BCUT2D eigenvalue weighted by Gasteiger charge is -2.34. The number of nitrogens with one attached hydrogen (secondary N) is 2. The van der Waals surface area contributed by atoms with Gasteiger partial charge in [-0.05, 0) is 120 Å². The number of benzene rings is 4. The van der Waals surface area contributed by atoms with Crippen LogP contribution in [-0.4, -0.2) is 72.5 Å². The maximum atomic E-state index is 13.1. The van der Waals surface area contributed by atoms with Crippen LogP contribution in [0.5, 0.6) is 5.75 Å². The van der Waals surface area contributed by atoms with Gasteiger partial charge >= 0.3 is 0 Å². The van der Waals surface area contributed by atoms with Crippen molar-refractivity contribution in [1.82, 2.24) is 15.5 Å². The zero-order chi connectivity index (χ0) is 37.2. The average molecular weight is 724 g/mol. The van der Waals surface area contributed by atoms with Gasteiger partial charge in [0.15, 0.2) is 0 Å². The molecule has 0 saturated carbocycles. The van der Waals surface area contributed by atoms with E-state index in [0.717, 1.165) is 75.2 Å². The molecule has 8 rings (SSSR count). The van der Waals surface area contributed by atoms with E-state index in [1.807, 2.05) is 24.3 Å². The molecule has 9 nitrogen and oxygen atoms in total. The second-order valence-corrected chi connectivity index (χ2v) is 15.2. The van der Waals surface area contributed by atoms with Crippen molar-refractivity contribution in [1.29, 1.82) is 0 Å². The molecule has 3 N–H and O–H groups in total. The Labute approximate surface area is 317 Å². The highest BCUT2D eigenvalue weighted by molar-refractivity contribution is 6.05. The van der Waals surface area contributed by atoms with Crippen LogP contribution < -0.4 is 20.4 Å². The molecule has 0 aromatic heterocycles. The SMILES string of the molecule is CC/C(=C(\c1ccc(O)cc1)c1ccc(N2CCC(CNC3CCN(c4ccc5c(c4)CN(C4CCC(=O)NC4=O)C5=O)C3)CC2)cc1)c1ccccc1. The summed E-state index contributed by atoms with van der Waals surface area (Å²) in [5.41, 5.74) is 9.97. The van der Waals surface area contributed by atoms with Crippen molar-refractivity contribution in [3.05, 3.63) is 125 Å². The summed E-state index contributed by atoms with van der Waals surface area (Å²) in [4.78, 5) is 43.8. The van der Waals surface area contributed by atoms with Gasteiger partial charge in [-0.1, -0.05) is 61.5 Å². The van der Waals surface area contributed by atoms with Crippen LogP contribution in [0.25, 0.3) is 11.1 Å². The molecule has 3 saturated heterocycles. The third-order valence-corrected chi connectivity index (χ3v) is 11.8. The summed E-state index contributed by atoms with van der Waals surface area (Å²) in [7, 11) is 0. The highest BCUT2D eigenvalue weighted by Gasteiger charge is 2.39. The number of imide groups is 1. The first-order valence-electron chi connectivity index (χ1n) is 19.5. The molecule has 278 valence electrons. The van der Waals surface area contributed by atoms with Gasteiger partial charge in [0, 0.05) is 62.1 Å². The average Bonchev–Trinajstić information content (AvgIpc) is 3.81. The maximum absolute atomic E-state index is 13.1. The van der Waals surface area contributed by atoms with Crippen molar-refractivity contribution >= 4 is 40.2 Å². The summed E-state index contributed by atoms with van der Waals surface area (Å²) >= 11 is 0. The molecule has 4 heterocycles. The van der Waals surface area contributed by atoms with E-state index in [1.165, 1.54) is 28.0 Å².